The van der Waals surface area contributed by atoms with Crippen LogP contribution in [0.1, 0.15) is 25.8 Å². The number of amides is 1. The molecule has 2 rings (SSSR count). The van der Waals surface area contributed by atoms with Crippen LogP contribution in [0.25, 0.3) is 0 Å². The van der Waals surface area contributed by atoms with Crippen molar-refractivity contribution in [2.24, 2.45) is 5.73 Å². The van der Waals surface area contributed by atoms with E-state index < -0.39 is 6.04 Å². The van der Waals surface area contributed by atoms with Crippen LogP contribution in [0.15, 0.2) is 24.5 Å². The number of rotatable bonds is 3. The van der Waals surface area contributed by atoms with Crippen LogP contribution in [0, 0.1) is 0 Å². The highest BCUT2D eigenvalue weighted by atomic mass is 35.5. The molecule has 0 saturated carbocycles. The molecule has 110 valence electrons. The summed E-state index contributed by atoms with van der Waals surface area (Å²) in [6.07, 6.45) is 6.25. The number of nitrogens with two attached hydrogens (primary N) is 1. The first-order valence-electron chi connectivity index (χ1n) is 5.70. The molecule has 0 aromatic carbocycles. The van der Waals surface area contributed by atoms with Crippen LogP contribution in [-0.2, 0) is 11.2 Å². The normalized spacial score (nSPS) is 14.7. The fraction of sp³-hybridized carbons (Fsp3) is 0.538. The lowest BCUT2D eigenvalue weighted by molar-refractivity contribution is -0.131. The molecule has 1 saturated heterocycles. The summed E-state index contributed by atoms with van der Waals surface area (Å²) >= 11 is 0. The highest BCUT2D eigenvalue weighted by Gasteiger charge is 2.23. The smallest absolute Gasteiger partial charge is 0.239 e. The standard InChI is InChI=1S/C12H17N3O.CH4.2ClH/c13-11(9-10-3-5-14-6-4-10)12(16)15-7-1-2-8-15;;;/h3-6,11H,1-2,7-9,13H2;1H4;2*1H/t11-;;;/m1.../s1. The molecule has 1 aromatic rings. The third kappa shape index (κ3) is 5.76. The molecule has 2 N–H and O–H groups in total. The molecule has 1 aliphatic heterocycles. The molecule has 1 aliphatic rings. The number of halogens is 2. The number of pyridine rings is 1. The largest absolute Gasteiger partial charge is 0.341 e. The molecule has 1 amide bonds. The summed E-state index contributed by atoms with van der Waals surface area (Å²) in [6.45, 7) is 1.73. The van der Waals surface area contributed by atoms with E-state index in [1.54, 1.807) is 12.4 Å². The first kappa shape index (κ1) is 20.5. The number of carbonyl (C=O) groups excluding carboxylic acids is 1. The van der Waals surface area contributed by atoms with Crippen LogP contribution < -0.4 is 5.73 Å². The average Bonchev–Trinajstić information content (AvgIpc) is 2.83. The third-order valence-corrected chi connectivity index (χ3v) is 2.94. The van der Waals surface area contributed by atoms with Gasteiger partial charge in [0.25, 0.3) is 0 Å². The van der Waals surface area contributed by atoms with E-state index >= 15 is 0 Å². The predicted molar refractivity (Wildman–Crippen MR) is 83.0 cm³/mol. The molecule has 0 aliphatic carbocycles. The van der Waals surface area contributed by atoms with Crippen LogP contribution in [0.2, 0.25) is 0 Å². The molecule has 0 bridgehead atoms. The Bertz CT molecular complexity index is 356. The fourth-order valence-electron chi connectivity index (χ4n) is 2.03. The molecule has 1 atom stereocenters. The van der Waals surface area contributed by atoms with Gasteiger partial charge in [0.15, 0.2) is 0 Å². The van der Waals surface area contributed by atoms with Gasteiger partial charge in [0, 0.05) is 25.5 Å². The Hall–Kier alpha value is -0.840. The van der Waals surface area contributed by atoms with E-state index in [-0.39, 0.29) is 38.1 Å². The second kappa shape index (κ2) is 10.0. The molecular formula is C13H23Cl2N3O. The maximum Gasteiger partial charge on any atom is 0.239 e. The monoisotopic (exact) mass is 307 g/mol. The molecule has 1 fully saturated rings. The van der Waals surface area contributed by atoms with Gasteiger partial charge in [-0.3, -0.25) is 9.78 Å². The van der Waals surface area contributed by atoms with Crippen LogP contribution >= 0.6 is 24.8 Å². The zero-order valence-corrected chi connectivity index (χ0v) is 11.8. The lowest BCUT2D eigenvalue weighted by atomic mass is 10.1. The van der Waals surface area contributed by atoms with E-state index in [4.69, 9.17) is 5.73 Å². The van der Waals surface area contributed by atoms with E-state index in [1.165, 1.54) is 0 Å². The minimum atomic E-state index is -0.416. The second-order valence-electron chi connectivity index (χ2n) is 4.20. The minimum absolute atomic E-state index is 0. The first-order chi connectivity index (χ1) is 7.77. The Kier molecular flexibility index (Phi) is 10.8. The fourth-order valence-corrected chi connectivity index (χ4v) is 2.03. The van der Waals surface area contributed by atoms with E-state index in [0.29, 0.717) is 6.42 Å². The molecule has 1 aromatic heterocycles. The van der Waals surface area contributed by atoms with Crippen LogP contribution in [0.5, 0.6) is 0 Å². The molecule has 19 heavy (non-hydrogen) atoms. The van der Waals surface area contributed by atoms with Crippen molar-refractivity contribution in [1.29, 1.82) is 0 Å². The topological polar surface area (TPSA) is 59.2 Å². The maximum absolute atomic E-state index is 11.9. The predicted octanol–water partition coefficient (Wildman–Crippen LogP) is 2.05. The first-order valence-corrected chi connectivity index (χ1v) is 5.70. The van der Waals surface area contributed by atoms with Crippen LogP contribution in [-0.4, -0.2) is 34.9 Å². The van der Waals surface area contributed by atoms with E-state index in [2.05, 4.69) is 4.98 Å². The lowest BCUT2D eigenvalue weighted by Gasteiger charge is -2.20. The van der Waals surface area contributed by atoms with Crippen LogP contribution in [0.4, 0.5) is 0 Å². The second-order valence-corrected chi connectivity index (χ2v) is 4.20. The number of hydrogen-bond donors (Lipinski definition) is 1. The van der Waals surface area contributed by atoms with Gasteiger partial charge < -0.3 is 10.6 Å². The van der Waals surface area contributed by atoms with Gasteiger partial charge >= 0.3 is 0 Å². The summed E-state index contributed by atoms with van der Waals surface area (Å²) in [5.41, 5.74) is 6.98. The van der Waals surface area contributed by atoms with E-state index in [1.807, 2.05) is 17.0 Å². The minimum Gasteiger partial charge on any atom is -0.341 e. The van der Waals surface area contributed by atoms with Crippen molar-refractivity contribution in [3.8, 4) is 0 Å². The average molecular weight is 308 g/mol. The van der Waals surface area contributed by atoms with Gasteiger partial charge in [-0.15, -0.1) is 24.8 Å². The maximum atomic E-state index is 11.9. The van der Waals surface area contributed by atoms with Crippen LogP contribution in [0.3, 0.4) is 0 Å². The Morgan fingerprint density at radius 2 is 1.79 bits per heavy atom. The Morgan fingerprint density at radius 3 is 2.32 bits per heavy atom. The van der Waals surface area contributed by atoms with Gasteiger partial charge in [-0.05, 0) is 37.0 Å². The van der Waals surface area contributed by atoms with Crippen molar-refractivity contribution in [3.63, 3.8) is 0 Å². The van der Waals surface area contributed by atoms with E-state index in [0.717, 1.165) is 31.5 Å². The quantitative estimate of drug-likeness (QED) is 0.930. The Morgan fingerprint density at radius 1 is 1.26 bits per heavy atom. The highest BCUT2D eigenvalue weighted by Crippen LogP contribution is 2.10. The number of likely N-dealkylation sites (tertiary alicyclic amines) is 1. The molecule has 4 nitrogen and oxygen atoms in total. The summed E-state index contributed by atoms with van der Waals surface area (Å²) in [6, 6.07) is 3.38. The third-order valence-electron chi connectivity index (χ3n) is 2.94. The molecular weight excluding hydrogens is 285 g/mol. The van der Waals surface area contributed by atoms with Gasteiger partial charge in [-0.25, -0.2) is 0 Å². The van der Waals surface area contributed by atoms with Gasteiger partial charge in [0.2, 0.25) is 5.91 Å². The van der Waals surface area contributed by atoms with Crippen molar-refractivity contribution in [1.82, 2.24) is 9.88 Å². The summed E-state index contributed by atoms with van der Waals surface area (Å²) in [7, 11) is 0. The molecule has 6 heteroatoms. The van der Waals surface area contributed by atoms with Crippen molar-refractivity contribution < 1.29 is 4.79 Å². The van der Waals surface area contributed by atoms with Crippen molar-refractivity contribution in [3.05, 3.63) is 30.1 Å². The van der Waals surface area contributed by atoms with Crippen molar-refractivity contribution in [2.75, 3.05) is 13.1 Å². The van der Waals surface area contributed by atoms with Gasteiger partial charge in [0.1, 0.15) is 0 Å². The number of carbonyl (C=O) groups is 1. The SMILES string of the molecule is C.Cl.Cl.N[C@H](Cc1ccncc1)C(=O)N1CCCC1. The number of nitrogens with zero attached hydrogens (tertiary/aromatic N) is 2. The summed E-state index contributed by atoms with van der Waals surface area (Å²) in [4.78, 5) is 17.7. The summed E-state index contributed by atoms with van der Waals surface area (Å²) in [5.74, 6) is 0.0781. The Balaban J connectivity index is 0. The molecule has 0 radical (unpaired) electrons. The van der Waals surface area contributed by atoms with Gasteiger partial charge in [-0.2, -0.15) is 0 Å². The molecule has 2 heterocycles. The zero-order valence-electron chi connectivity index (χ0n) is 10.1. The Labute approximate surface area is 127 Å². The van der Waals surface area contributed by atoms with Gasteiger partial charge in [0.05, 0.1) is 6.04 Å². The van der Waals surface area contributed by atoms with Crippen molar-refractivity contribution in [2.45, 2.75) is 32.7 Å². The van der Waals surface area contributed by atoms with E-state index in [9.17, 15) is 4.79 Å². The van der Waals surface area contributed by atoms with Gasteiger partial charge in [-0.1, -0.05) is 7.43 Å². The number of hydrogen-bond acceptors (Lipinski definition) is 3. The highest BCUT2D eigenvalue weighted by molar-refractivity contribution is 5.85. The lowest BCUT2D eigenvalue weighted by Crippen LogP contribution is -2.43. The molecule has 0 spiro atoms. The summed E-state index contributed by atoms with van der Waals surface area (Å²) < 4.78 is 0. The van der Waals surface area contributed by atoms with Crippen molar-refractivity contribution >= 4 is 30.7 Å². The molecule has 0 unspecified atom stereocenters. The summed E-state index contributed by atoms with van der Waals surface area (Å²) in [5, 5.41) is 0. The zero-order chi connectivity index (χ0) is 11.4. The number of aromatic nitrogens is 1.